The maximum Gasteiger partial charge on any atom is 0.407 e. The van der Waals surface area contributed by atoms with Gasteiger partial charge in [-0.25, -0.2) is 4.79 Å². The molecule has 2 heterocycles. The number of nitrogens with one attached hydrogen (secondary N) is 2. The third-order valence-electron chi connectivity index (χ3n) is 6.87. The Labute approximate surface area is 225 Å². The van der Waals surface area contributed by atoms with E-state index in [0.717, 1.165) is 31.9 Å². The molecule has 9 heteroatoms. The van der Waals surface area contributed by atoms with Gasteiger partial charge >= 0.3 is 6.09 Å². The molecule has 0 radical (unpaired) electrons. The number of amides is 2. The highest BCUT2D eigenvalue weighted by Gasteiger charge is 2.57. The van der Waals surface area contributed by atoms with Gasteiger partial charge in [0.05, 0.1) is 23.8 Å². The molecule has 0 aliphatic carbocycles. The molecule has 4 unspecified atom stereocenters. The fraction of sp³-hybridized carbons (Fsp3) is 0.571. The fourth-order valence-corrected chi connectivity index (χ4v) is 4.87. The van der Waals surface area contributed by atoms with Crippen LogP contribution in [0.15, 0.2) is 42.0 Å². The first-order valence-electron chi connectivity index (χ1n) is 12.6. The molecule has 0 aromatic heterocycles. The number of rotatable bonds is 11. The van der Waals surface area contributed by atoms with Gasteiger partial charge in [0.2, 0.25) is 5.91 Å². The van der Waals surface area contributed by atoms with Crippen LogP contribution in [0.3, 0.4) is 0 Å². The fourth-order valence-electron chi connectivity index (χ4n) is 4.68. The molecule has 0 bridgehead atoms. The Morgan fingerprint density at radius 3 is 2.81 bits per heavy atom. The number of allylic oxidation sites excluding steroid dienone is 3. The van der Waals surface area contributed by atoms with E-state index < -0.39 is 0 Å². The summed E-state index contributed by atoms with van der Waals surface area (Å²) in [5, 5.41) is 13.2. The Bertz CT molecular complexity index is 981. The molecule has 2 saturated heterocycles. The molecule has 2 fully saturated rings. The van der Waals surface area contributed by atoms with E-state index in [0.29, 0.717) is 23.6 Å². The number of ether oxygens (including phenoxy) is 3. The van der Waals surface area contributed by atoms with Gasteiger partial charge in [0.1, 0.15) is 11.9 Å². The second kappa shape index (κ2) is 14.4. The van der Waals surface area contributed by atoms with E-state index in [1.165, 1.54) is 5.57 Å². The average Bonchev–Trinajstić information content (AvgIpc) is 3.58. The minimum absolute atomic E-state index is 0.00468. The third-order valence-corrected chi connectivity index (χ3v) is 7.18. The van der Waals surface area contributed by atoms with Crippen molar-refractivity contribution in [2.75, 3.05) is 21.3 Å². The predicted molar refractivity (Wildman–Crippen MR) is 145 cm³/mol. The van der Waals surface area contributed by atoms with Gasteiger partial charge in [0.15, 0.2) is 0 Å². The van der Waals surface area contributed by atoms with Crippen LogP contribution in [-0.4, -0.2) is 62.2 Å². The summed E-state index contributed by atoms with van der Waals surface area (Å²) in [6, 6.07) is 5.80. The Morgan fingerprint density at radius 2 is 2.14 bits per heavy atom. The molecule has 0 saturated carbocycles. The highest BCUT2D eigenvalue weighted by molar-refractivity contribution is 6.32. The minimum Gasteiger partial charge on any atom is -0.495 e. The van der Waals surface area contributed by atoms with Crippen LogP contribution in [0.2, 0.25) is 5.02 Å². The molecule has 2 aliphatic heterocycles. The van der Waals surface area contributed by atoms with E-state index in [-0.39, 0.29) is 41.8 Å². The van der Waals surface area contributed by atoms with Crippen molar-refractivity contribution in [3.05, 3.63) is 52.6 Å². The number of hydrogen-bond acceptors (Lipinski definition) is 6. The second-order valence-electron chi connectivity index (χ2n) is 9.73. The number of epoxide rings is 1. The topological polar surface area (TPSA) is 109 Å². The normalized spacial score (nSPS) is 25.9. The van der Waals surface area contributed by atoms with Crippen LogP contribution in [0.5, 0.6) is 5.75 Å². The lowest BCUT2D eigenvalue weighted by atomic mass is 9.86. The first-order chi connectivity index (χ1) is 17.6. The van der Waals surface area contributed by atoms with Crippen LogP contribution in [0, 0.1) is 5.92 Å². The summed E-state index contributed by atoms with van der Waals surface area (Å²) in [6.45, 7) is 6.16. The quantitative estimate of drug-likeness (QED) is 0.282. The van der Waals surface area contributed by atoms with E-state index in [2.05, 4.69) is 36.6 Å². The molecule has 1 aromatic carbocycles. The summed E-state index contributed by atoms with van der Waals surface area (Å²) >= 11 is 6.10. The number of carbonyl (C=O) groups excluding carboxylic acids is 2. The van der Waals surface area contributed by atoms with Crippen LogP contribution in [0.1, 0.15) is 52.0 Å². The van der Waals surface area contributed by atoms with Gasteiger partial charge in [-0.15, -0.1) is 0 Å². The maximum absolute atomic E-state index is 12.2. The Balaban J connectivity index is 0.00000235. The van der Waals surface area contributed by atoms with Gasteiger partial charge in [-0.1, -0.05) is 48.4 Å². The molecular weight excluding hydrogens is 496 g/mol. The van der Waals surface area contributed by atoms with E-state index in [9.17, 15) is 9.59 Å². The lowest BCUT2D eigenvalue weighted by Crippen LogP contribution is -2.48. The number of benzene rings is 1. The predicted octanol–water partition coefficient (Wildman–Crippen LogP) is 4.58. The third kappa shape index (κ3) is 9.05. The summed E-state index contributed by atoms with van der Waals surface area (Å²) < 4.78 is 16.8. The zero-order valence-electron chi connectivity index (χ0n) is 22.7. The van der Waals surface area contributed by atoms with Crippen molar-refractivity contribution in [1.82, 2.24) is 10.6 Å². The van der Waals surface area contributed by atoms with Gasteiger partial charge in [-0.2, -0.15) is 0 Å². The average molecular weight is 537 g/mol. The number of aliphatic hydroxyl groups excluding tert-OH is 1. The van der Waals surface area contributed by atoms with Crippen molar-refractivity contribution in [3.63, 3.8) is 0 Å². The largest absolute Gasteiger partial charge is 0.495 e. The standard InChI is InChI=1S/C27H37ClN2O5.CH4O/c1-17(14-19-10-11-21(28)23(15-19)33-5)8-6-7-9-20-16-22(34-26(32)30-20)18(2)25-27(3,35-25)13-12-24(31)29-4;1-2/h6-8,10-11,15,18,20,22,25H,9,12-14,16H2,1-5H3,(H,29,31)(H,30,32);2H,1H3/b7-6+,17-8+;/t18-,20?,22?,25?,27?;/m1./s1. The molecule has 2 amide bonds. The van der Waals surface area contributed by atoms with Crippen molar-refractivity contribution in [2.45, 2.75) is 76.7 Å². The summed E-state index contributed by atoms with van der Waals surface area (Å²) in [4.78, 5) is 23.8. The maximum atomic E-state index is 12.2. The molecular formula is C28H41ClN2O6. The second-order valence-corrected chi connectivity index (χ2v) is 10.1. The molecule has 2 aliphatic rings. The number of alkyl carbamates (subject to hydrolysis) is 1. The highest BCUT2D eigenvalue weighted by atomic mass is 35.5. The molecule has 37 heavy (non-hydrogen) atoms. The minimum atomic E-state index is -0.386. The van der Waals surface area contributed by atoms with Crippen molar-refractivity contribution in [3.8, 4) is 5.75 Å². The van der Waals surface area contributed by atoms with Crippen molar-refractivity contribution in [2.24, 2.45) is 5.92 Å². The van der Waals surface area contributed by atoms with Crippen LogP contribution < -0.4 is 15.4 Å². The number of methoxy groups -OCH3 is 1. The number of halogens is 1. The Kier molecular flexibility index (Phi) is 11.9. The first-order valence-corrected chi connectivity index (χ1v) is 13.0. The molecule has 3 N–H and O–H groups in total. The zero-order valence-corrected chi connectivity index (χ0v) is 23.4. The molecule has 0 spiro atoms. The smallest absolute Gasteiger partial charge is 0.407 e. The van der Waals surface area contributed by atoms with E-state index in [4.69, 9.17) is 30.9 Å². The highest BCUT2D eigenvalue weighted by Crippen LogP contribution is 2.46. The number of cyclic esters (lactones) is 1. The number of carbonyl (C=O) groups is 2. The molecule has 206 valence electrons. The van der Waals surface area contributed by atoms with Gasteiger partial charge in [-0.3, -0.25) is 4.79 Å². The summed E-state index contributed by atoms with van der Waals surface area (Å²) in [5.74, 6) is 0.737. The van der Waals surface area contributed by atoms with Crippen LogP contribution in [0.25, 0.3) is 0 Å². The van der Waals surface area contributed by atoms with Gasteiger partial charge in [0.25, 0.3) is 0 Å². The zero-order chi connectivity index (χ0) is 27.6. The Morgan fingerprint density at radius 1 is 1.41 bits per heavy atom. The lowest BCUT2D eigenvalue weighted by Gasteiger charge is -2.33. The number of aliphatic hydroxyl groups is 1. The van der Waals surface area contributed by atoms with E-state index >= 15 is 0 Å². The van der Waals surface area contributed by atoms with Crippen molar-refractivity contribution in [1.29, 1.82) is 0 Å². The summed E-state index contributed by atoms with van der Waals surface area (Å²) in [7, 11) is 4.25. The van der Waals surface area contributed by atoms with Crippen LogP contribution in [0.4, 0.5) is 4.79 Å². The van der Waals surface area contributed by atoms with E-state index in [1.54, 1.807) is 14.2 Å². The Hall–Kier alpha value is -2.55. The van der Waals surface area contributed by atoms with E-state index in [1.807, 2.05) is 31.2 Å². The van der Waals surface area contributed by atoms with Gasteiger partial charge in [-0.05, 0) is 50.8 Å². The summed E-state index contributed by atoms with van der Waals surface area (Å²) in [5.41, 5.74) is 2.00. The van der Waals surface area contributed by atoms with Crippen molar-refractivity contribution >= 4 is 23.6 Å². The number of hydrogen-bond donors (Lipinski definition) is 3. The monoisotopic (exact) mass is 536 g/mol. The SMILES string of the molecule is CNC(=O)CCC1(C)OC1[C@H](C)C1CC(C/C=C/C=C(\C)Cc2ccc(Cl)c(OC)c2)NC(=O)O1.CO. The molecule has 3 rings (SSSR count). The molecule has 5 atom stereocenters. The van der Waals surface area contributed by atoms with Gasteiger partial charge in [0, 0.05) is 39.0 Å². The summed E-state index contributed by atoms with van der Waals surface area (Å²) in [6.07, 6.45) is 8.88. The molecule has 1 aromatic rings. The first kappa shape index (κ1) is 30.7. The van der Waals surface area contributed by atoms with Crippen molar-refractivity contribution < 1.29 is 28.9 Å². The van der Waals surface area contributed by atoms with Gasteiger partial charge < -0.3 is 30.0 Å². The molecule has 8 nitrogen and oxygen atoms in total. The van der Waals surface area contributed by atoms with Crippen LogP contribution in [-0.2, 0) is 20.7 Å². The van der Waals surface area contributed by atoms with Crippen LogP contribution >= 0.6 is 11.6 Å². The lowest BCUT2D eigenvalue weighted by molar-refractivity contribution is -0.120.